The molecular weight excluding hydrogens is 530 g/mol. The first kappa shape index (κ1) is 29.4. The number of allylic oxidation sites excluding steroid dienone is 3. The molecule has 0 spiro atoms. The summed E-state index contributed by atoms with van der Waals surface area (Å²) in [6.45, 7) is 10.5. The van der Waals surface area contributed by atoms with Gasteiger partial charge in [0.15, 0.2) is 0 Å². The molecule has 0 radical (unpaired) electrons. The number of hydrogen-bond acceptors (Lipinski definition) is 6. The number of piperidine rings is 1. The van der Waals surface area contributed by atoms with E-state index in [0.29, 0.717) is 43.6 Å². The van der Waals surface area contributed by atoms with Crippen molar-refractivity contribution in [2.45, 2.75) is 66.0 Å². The molecule has 2 aliphatic rings. The maximum absolute atomic E-state index is 13.3. The SMILES string of the molecule is CCC(C)(C)C(=O)N1CC[C@@H](Oc2cc(-c3c(C)cccc3C)nc(NS(=O)O)n2)[C@H](NC(=O)C2=CC=CC2)C1. The minimum atomic E-state index is -2.39. The lowest BCUT2D eigenvalue weighted by Crippen LogP contribution is -2.59. The van der Waals surface area contributed by atoms with Crippen LogP contribution in [0.4, 0.5) is 5.95 Å². The van der Waals surface area contributed by atoms with Crippen LogP contribution >= 0.6 is 0 Å². The zero-order chi connectivity index (χ0) is 29.0. The number of carbonyl (C=O) groups is 2. The molecular formula is C29H37N5O5S. The van der Waals surface area contributed by atoms with Crippen molar-refractivity contribution in [3.8, 4) is 17.1 Å². The molecule has 1 aliphatic heterocycles. The lowest BCUT2D eigenvalue weighted by atomic mass is 9.87. The molecule has 1 unspecified atom stereocenters. The largest absolute Gasteiger partial charge is 0.472 e. The van der Waals surface area contributed by atoms with Gasteiger partial charge in [-0.1, -0.05) is 57.2 Å². The molecule has 40 heavy (non-hydrogen) atoms. The van der Waals surface area contributed by atoms with E-state index in [9.17, 15) is 18.4 Å². The number of aromatic nitrogens is 2. The van der Waals surface area contributed by atoms with Crippen molar-refractivity contribution in [3.63, 3.8) is 0 Å². The van der Waals surface area contributed by atoms with E-state index in [1.165, 1.54) is 0 Å². The number of rotatable bonds is 9. The Morgan fingerprint density at radius 1 is 1.23 bits per heavy atom. The average Bonchev–Trinajstić information content (AvgIpc) is 3.44. The number of nitrogens with zero attached hydrogens (tertiary/aromatic N) is 3. The predicted molar refractivity (Wildman–Crippen MR) is 155 cm³/mol. The predicted octanol–water partition coefficient (Wildman–Crippen LogP) is 4.10. The third-order valence-corrected chi connectivity index (χ3v) is 7.93. The summed E-state index contributed by atoms with van der Waals surface area (Å²) >= 11 is -2.39. The quantitative estimate of drug-likeness (QED) is 0.389. The number of aryl methyl sites for hydroxylation is 2. The fraction of sp³-hybridized carbons (Fsp3) is 0.448. The minimum absolute atomic E-state index is 0.0331. The molecule has 3 atom stereocenters. The molecule has 2 heterocycles. The first-order valence-corrected chi connectivity index (χ1v) is 14.5. The van der Waals surface area contributed by atoms with Crippen molar-refractivity contribution in [2.75, 3.05) is 17.8 Å². The van der Waals surface area contributed by atoms with Gasteiger partial charge in [-0.15, -0.1) is 0 Å². The van der Waals surface area contributed by atoms with E-state index in [2.05, 4.69) is 20.0 Å². The number of nitrogens with one attached hydrogen (secondary N) is 2. The third kappa shape index (κ3) is 6.76. The van der Waals surface area contributed by atoms with E-state index < -0.39 is 28.8 Å². The number of carbonyl (C=O) groups excluding carboxylic acids is 2. The number of ether oxygens (including phenoxy) is 1. The van der Waals surface area contributed by atoms with Gasteiger partial charge in [0.1, 0.15) is 6.10 Å². The van der Waals surface area contributed by atoms with Crippen molar-refractivity contribution in [1.29, 1.82) is 0 Å². The zero-order valence-corrected chi connectivity index (χ0v) is 24.4. The van der Waals surface area contributed by atoms with Gasteiger partial charge in [0.2, 0.25) is 23.6 Å². The van der Waals surface area contributed by atoms with Crippen LogP contribution in [0.3, 0.4) is 0 Å². The normalized spacial score (nSPS) is 19.6. The van der Waals surface area contributed by atoms with Crippen molar-refractivity contribution in [3.05, 3.63) is 59.2 Å². The van der Waals surface area contributed by atoms with Crippen LogP contribution in [0.5, 0.6) is 5.88 Å². The highest BCUT2D eigenvalue weighted by molar-refractivity contribution is 7.80. The van der Waals surface area contributed by atoms with E-state index in [0.717, 1.165) is 16.7 Å². The highest BCUT2D eigenvalue weighted by Gasteiger charge is 2.39. The Labute approximate surface area is 237 Å². The van der Waals surface area contributed by atoms with Crippen LogP contribution in [0.25, 0.3) is 11.3 Å². The fourth-order valence-electron chi connectivity index (χ4n) is 4.96. The standard InChI is InChI=1S/C29H37N5O5S/c1-6-29(4,5)27(36)34-15-14-23(22(17-34)30-26(35)20-12-7-8-13-20)39-24-16-21(31-28(32-24)33-40(37)38)25-18(2)10-9-11-19(25)3/h7-12,16,22-23H,6,13-15,17H2,1-5H3,(H,30,35)(H,37,38)(H,31,32,33)/t22-,23-/m1/s1. The van der Waals surface area contributed by atoms with Crippen LogP contribution in [-0.4, -0.2) is 60.7 Å². The van der Waals surface area contributed by atoms with Crippen LogP contribution in [-0.2, 0) is 20.9 Å². The molecule has 0 saturated carbocycles. The lowest BCUT2D eigenvalue weighted by molar-refractivity contribution is -0.143. The third-order valence-electron chi connectivity index (χ3n) is 7.57. The molecule has 2 amide bonds. The van der Waals surface area contributed by atoms with Gasteiger partial charge in [-0.05, 0) is 37.8 Å². The molecule has 1 fully saturated rings. The van der Waals surface area contributed by atoms with Gasteiger partial charge in [0.05, 0.1) is 11.7 Å². The van der Waals surface area contributed by atoms with Gasteiger partial charge in [0, 0.05) is 42.1 Å². The second kappa shape index (κ2) is 12.3. The highest BCUT2D eigenvalue weighted by Crippen LogP contribution is 2.31. The summed E-state index contributed by atoms with van der Waals surface area (Å²) in [7, 11) is 0. The van der Waals surface area contributed by atoms with Crippen molar-refractivity contribution >= 4 is 29.0 Å². The summed E-state index contributed by atoms with van der Waals surface area (Å²) in [5.74, 6) is -0.0355. The van der Waals surface area contributed by atoms with Crippen LogP contribution in [0.2, 0.25) is 0 Å². The lowest BCUT2D eigenvalue weighted by Gasteiger charge is -2.41. The second-order valence-electron chi connectivity index (χ2n) is 10.9. The Hall–Kier alpha value is -3.57. The van der Waals surface area contributed by atoms with E-state index >= 15 is 0 Å². The van der Waals surface area contributed by atoms with Crippen molar-refractivity contribution in [2.24, 2.45) is 5.41 Å². The monoisotopic (exact) mass is 567 g/mol. The first-order valence-electron chi connectivity index (χ1n) is 13.4. The van der Waals surface area contributed by atoms with Crippen molar-refractivity contribution in [1.82, 2.24) is 20.2 Å². The van der Waals surface area contributed by atoms with Gasteiger partial charge in [-0.3, -0.25) is 14.1 Å². The molecule has 2 aromatic rings. The molecule has 214 valence electrons. The molecule has 1 aromatic carbocycles. The summed E-state index contributed by atoms with van der Waals surface area (Å²) in [6, 6.07) is 7.07. The summed E-state index contributed by atoms with van der Waals surface area (Å²) in [5, 5.41) is 3.08. The topological polar surface area (TPSA) is 134 Å². The molecule has 1 aliphatic carbocycles. The van der Waals surface area contributed by atoms with Gasteiger partial charge >= 0.3 is 0 Å². The summed E-state index contributed by atoms with van der Waals surface area (Å²) in [5.41, 5.74) is 3.49. The minimum Gasteiger partial charge on any atom is -0.472 e. The first-order chi connectivity index (χ1) is 19.0. The number of likely N-dealkylation sites (tertiary alicyclic amines) is 1. The van der Waals surface area contributed by atoms with Gasteiger partial charge in [-0.2, -0.15) is 4.98 Å². The van der Waals surface area contributed by atoms with Crippen LogP contribution < -0.4 is 14.8 Å². The molecule has 3 N–H and O–H groups in total. The van der Waals surface area contributed by atoms with E-state index in [-0.39, 0.29) is 23.6 Å². The second-order valence-corrected chi connectivity index (χ2v) is 11.6. The van der Waals surface area contributed by atoms with Crippen LogP contribution in [0.1, 0.15) is 51.2 Å². The molecule has 4 rings (SSSR count). The summed E-state index contributed by atoms with van der Waals surface area (Å²) < 4.78 is 29.7. The maximum atomic E-state index is 13.3. The Bertz CT molecular complexity index is 1350. The Kier molecular flexibility index (Phi) is 9.05. The Morgan fingerprint density at radius 3 is 2.58 bits per heavy atom. The van der Waals surface area contributed by atoms with Crippen molar-refractivity contribution < 1.29 is 23.1 Å². The van der Waals surface area contributed by atoms with Gasteiger partial charge < -0.3 is 15.0 Å². The van der Waals surface area contributed by atoms with E-state index in [4.69, 9.17) is 4.74 Å². The Balaban J connectivity index is 1.65. The molecule has 1 saturated heterocycles. The van der Waals surface area contributed by atoms with Gasteiger partial charge in [-0.25, -0.2) is 13.9 Å². The van der Waals surface area contributed by atoms with Crippen LogP contribution in [0, 0.1) is 19.3 Å². The average molecular weight is 568 g/mol. The molecule has 1 aromatic heterocycles. The number of hydrogen-bond donors (Lipinski definition) is 3. The van der Waals surface area contributed by atoms with Gasteiger partial charge in [0.25, 0.3) is 11.3 Å². The number of benzene rings is 1. The number of amides is 2. The maximum Gasteiger partial charge on any atom is 0.261 e. The molecule has 10 nitrogen and oxygen atoms in total. The van der Waals surface area contributed by atoms with E-state index in [1.807, 2.05) is 65.0 Å². The zero-order valence-electron chi connectivity index (χ0n) is 23.6. The smallest absolute Gasteiger partial charge is 0.261 e. The fourth-order valence-corrected chi connectivity index (χ4v) is 5.21. The van der Waals surface area contributed by atoms with Crippen LogP contribution in [0.15, 0.2) is 48.1 Å². The number of anilines is 1. The summed E-state index contributed by atoms with van der Waals surface area (Å²) in [4.78, 5) is 36.9. The summed E-state index contributed by atoms with van der Waals surface area (Å²) in [6.07, 6.45) is 6.76. The Morgan fingerprint density at radius 2 is 1.95 bits per heavy atom. The molecule has 11 heteroatoms. The highest BCUT2D eigenvalue weighted by atomic mass is 32.2. The van der Waals surface area contributed by atoms with E-state index in [1.54, 1.807) is 17.0 Å². The molecule has 0 bridgehead atoms.